The molecule has 0 aliphatic rings. The molecule has 0 radical (unpaired) electrons. The smallest absolute Gasteiger partial charge is 0.264 e. The molecule has 0 aliphatic heterocycles. The summed E-state index contributed by atoms with van der Waals surface area (Å²) in [5.74, 6) is -1.56. The lowest BCUT2D eigenvalue weighted by Crippen LogP contribution is -2.52. The minimum atomic E-state index is -4.16. The number of aryl methyl sites for hydroxylation is 2. The summed E-state index contributed by atoms with van der Waals surface area (Å²) in [6.45, 7) is 8.17. The van der Waals surface area contributed by atoms with Crippen molar-refractivity contribution < 1.29 is 22.4 Å². The average molecular weight is 554 g/mol. The number of sulfonamides is 1. The van der Waals surface area contributed by atoms with E-state index in [1.807, 2.05) is 26.8 Å². The van der Waals surface area contributed by atoms with Crippen LogP contribution < -0.4 is 9.62 Å². The van der Waals surface area contributed by atoms with E-state index < -0.39 is 40.2 Å². The van der Waals surface area contributed by atoms with Crippen LogP contribution in [0.5, 0.6) is 0 Å². The average Bonchev–Trinajstić information content (AvgIpc) is 2.92. The molecule has 2 atom stereocenters. The van der Waals surface area contributed by atoms with E-state index in [1.165, 1.54) is 29.2 Å². The summed E-state index contributed by atoms with van der Waals surface area (Å²) in [5, 5.41) is 2.86. The molecule has 7 nitrogen and oxygen atoms in total. The van der Waals surface area contributed by atoms with E-state index >= 15 is 0 Å². The first-order valence-corrected chi connectivity index (χ1v) is 14.4. The number of hydrogen-bond acceptors (Lipinski definition) is 4. The summed E-state index contributed by atoms with van der Waals surface area (Å²) in [4.78, 5) is 28.3. The van der Waals surface area contributed by atoms with Crippen LogP contribution in [0.25, 0.3) is 0 Å². The third-order valence-electron chi connectivity index (χ3n) is 6.71. The highest BCUT2D eigenvalue weighted by molar-refractivity contribution is 7.92. The zero-order chi connectivity index (χ0) is 28.7. The van der Waals surface area contributed by atoms with E-state index in [4.69, 9.17) is 0 Å². The molecule has 0 spiro atoms. The Morgan fingerprint density at radius 3 is 2.23 bits per heavy atom. The number of nitrogens with zero attached hydrogens (tertiary/aromatic N) is 2. The van der Waals surface area contributed by atoms with Gasteiger partial charge in [0.2, 0.25) is 11.8 Å². The Bertz CT molecular complexity index is 1410. The molecular formula is C30H36FN3O4S. The molecule has 0 aliphatic carbocycles. The van der Waals surface area contributed by atoms with E-state index in [0.717, 1.165) is 9.87 Å². The Hall–Kier alpha value is -3.72. The molecule has 0 aromatic heterocycles. The number of benzene rings is 3. The number of amides is 2. The topological polar surface area (TPSA) is 86.8 Å². The fourth-order valence-electron chi connectivity index (χ4n) is 4.08. The molecule has 39 heavy (non-hydrogen) atoms. The van der Waals surface area contributed by atoms with Crippen molar-refractivity contribution in [1.82, 2.24) is 10.2 Å². The summed E-state index contributed by atoms with van der Waals surface area (Å²) in [6, 6.07) is 18.1. The van der Waals surface area contributed by atoms with E-state index in [1.54, 1.807) is 56.3 Å². The number of nitrogens with one attached hydrogen (secondary N) is 1. The van der Waals surface area contributed by atoms with Gasteiger partial charge in [-0.2, -0.15) is 0 Å². The molecule has 208 valence electrons. The normalized spacial score (nSPS) is 12.9. The summed E-state index contributed by atoms with van der Waals surface area (Å²) < 4.78 is 43.4. The molecular weight excluding hydrogens is 517 g/mol. The van der Waals surface area contributed by atoms with Gasteiger partial charge in [0.05, 0.1) is 10.6 Å². The maximum atomic E-state index is 14.6. The highest BCUT2D eigenvalue weighted by Gasteiger charge is 2.33. The van der Waals surface area contributed by atoms with Gasteiger partial charge in [-0.15, -0.1) is 0 Å². The van der Waals surface area contributed by atoms with Crippen molar-refractivity contribution >= 4 is 27.5 Å². The monoisotopic (exact) mass is 553 g/mol. The zero-order valence-corrected chi connectivity index (χ0v) is 23.8. The first kappa shape index (κ1) is 29.8. The molecule has 3 aromatic rings. The maximum absolute atomic E-state index is 14.6. The van der Waals surface area contributed by atoms with Crippen molar-refractivity contribution in [3.8, 4) is 0 Å². The van der Waals surface area contributed by atoms with E-state index in [0.29, 0.717) is 17.7 Å². The Labute approximate surface area is 230 Å². The van der Waals surface area contributed by atoms with Crippen LogP contribution in [0.2, 0.25) is 0 Å². The Morgan fingerprint density at radius 2 is 1.59 bits per heavy atom. The summed E-state index contributed by atoms with van der Waals surface area (Å²) >= 11 is 0. The number of carbonyl (C=O) groups is 2. The molecule has 0 saturated heterocycles. The number of carbonyl (C=O) groups excluding carboxylic acids is 2. The van der Waals surface area contributed by atoms with Crippen LogP contribution in [0.3, 0.4) is 0 Å². The first-order chi connectivity index (χ1) is 18.4. The van der Waals surface area contributed by atoms with Gasteiger partial charge in [0.25, 0.3) is 10.0 Å². The van der Waals surface area contributed by atoms with Crippen LogP contribution in [-0.2, 0) is 26.2 Å². The molecule has 0 saturated carbocycles. The first-order valence-electron chi connectivity index (χ1n) is 12.9. The molecule has 1 N–H and O–H groups in total. The second kappa shape index (κ2) is 12.9. The Kier molecular flexibility index (Phi) is 9.86. The third kappa shape index (κ3) is 7.23. The van der Waals surface area contributed by atoms with Crippen molar-refractivity contribution in [2.45, 2.75) is 64.6 Å². The summed E-state index contributed by atoms with van der Waals surface area (Å²) in [5.41, 5.74) is 2.06. The van der Waals surface area contributed by atoms with E-state index in [9.17, 15) is 22.4 Å². The lowest BCUT2D eigenvalue weighted by Gasteiger charge is -2.33. The van der Waals surface area contributed by atoms with E-state index in [-0.39, 0.29) is 23.0 Å². The van der Waals surface area contributed by atoms with Gasteiger partial charge in [-0.3, -0.25) is 13.9 Å². The van der Waals surface area contributed by atoms with Crippen LogP contribution in [0, 0.1) is 19.7 Å². The predicted molar refractivity (Wildman–Crippen MR) is 151 cm³/mol. The minimum Gasteiger partial charge on any atom is -0.352 e. The van der Waals surface area contributed by atoms with Gasteiger partial charge >= 0.3 is 0 Å². The quantitative estimate of drug-likeness (QED) is 0.363. The largest absolute Gasteiger partial charge is 0.352 e. The van der Waals surface area contributed by atoms with Gasteiger partial charge in [0.15, 0.2) is 0 Å². The zero-order valence-electron chi connectivity index (χ0n) is 23.0. The molecule has 0 fully saturated rings. The van der Waals surface area contributed by atoms with Crippen molar-refractivity contribution in [2.75, 3.05) is 10.8 Å². The second-order valence-corrected chi connectivity index (χ2v) is 11.6. The molecule has 0 bridgehead atoms. The Morgan fingerprint density at radius 1 is 0.949 bits per heavy atom. The number of hydrogen-bond donors (Lipinski definition) is 1. The van der Waals surface area contributed by atoms with Crippen LogP contribution in [0.1, 0.15) is 43.9 Å². The van der Waals surface area contributed by atoms with Gasteiger partial charge in [-0.25, -0.2) is 12.8 Å². The molecule has 0 heterocycles. The predicted octanol–water partition coefficient (Wildman–Crippen LogP) is 4.97. The number of anilines is 1. The number of rotatable bonds is 11. The van der Waals surface area contributed by atoms with Crippen LogP contribution in [-0.4, -0.2) is 43.8 Å². The Balaban J connectivity index is 2.07. The summed E-state index contributed by atoms with van der Waals surface area (Å²) in [6.07, 6.45) is 0.690. The van der Waals surface area contributed by atoms with Crippen LogP contribution >= 0.6 is 0 Å². The summed E-state index contributed by atoms with van der Waals surface area (Å²) in [7, 11) is -4.16. The van der Waals surface area contributed by atoms with Crippen molar-refractivity contribution in [3.63, 3.8) is 0 Å². The lowest BCUT2D eigenvalue weighted by molar-refractivity contribution is -0.139. The van der Waals surface area contributed by atoms with E-state index in [2.05, 4.69) is 5.32 Å². The van der Waals surface area contributed by atoms with Crippen molar-refractivity contribution in [3.05, 3.63) is 95.3 Å². The third-order valence-corrected chi connectivity index (χ3v) is 8.48. The van der Waals surface area contributed by atoms with Crippen LogP contribution in [0.15, 0.2) is 77.7 Å². The molecule has 3 rings (SSSR count). The fourth-order valence-corrected chi connectivity index (χ4v) is 5.57. The molecule has 3 aromatic carbocycles. The van der Waals surface area contributed by atoms with Crippen LogP contribution in [0.4, 0.5) is 10.1 Å². The fraction of sp³-hybridized carbons (Fsp3) is 0.333. The van der Waals surface area contributed by atoms with Gasteiger partial charge in [-0.05, 0) is 69.5 Å². The molecule has 9 heteroatoms. The van der Waals surface area contributed by atoms with Gasteiger partial charge in [0.1, 0.15) is 18.4 Å². The number of halogens is 1. The SMILES string of the molecule is CCC(C)NC(=O)C(C)N(Cc1ccccc1F)C(=O)CN(c1cc(C)ccc1C)S(=O)(=O)c1ccccc1. The maximum Gasteiger partial charge on any atom is 0.264 e. The molecule has 2 amide bonds. The highest BCUT2D eigenvalue weighted by Crippen LogP contribution is 2.28. The standard InChI is InChI=1S/C30H36FN3O4S/c1-6-23(4)32-30(36)24(5)33(19-25-12-10-11-15-27(25)31)29(35)20-34(28-18-21(2)16-17-22(28)3)39(37,38)26-13-8-7-9-14-26/h7-18,23-24H,6,19-20H2,1-5H3,(H,32,36). The van der Waals surface area contributed by atoms with Gasteiger partial charge < -0.3 is 10.2 Å². The lowest BCUT2D eigenvalue weighted by atomic mass is 10.1. The minimum absolute atomic E-state index is 0.0296. The second-order valence-electron chi connectivity index (χ2n) is 9.72. The van der Waals surface area contributed by atoms with Crippen molar-refractivity contribution in [1.29, 1.82) is 0 Å². The highest BCUT2D eigenvalue weighted by atomic mass is 32.2. The van der Waals surface area contributed by atoms with Gasteiger partial charge in [-0.1, -0.05) is 55.5 Å². The van der Waals surface area contributed by atoms with Crippen molar-refractivity contribution in [2.24, 2.45) is 0 Å². The van der Waals surface area contributed by atoms with Gasteiger partial charge in [0, 0.05) is 18.2 Å². The molecule has 2 unspecified atom stereocenters.